The van der Waals surface area contributed by atoms with Gasteiger partial charge in [0, 0.05) is 31.2 Å². The predicted octanol–water partition coefficient (Wildman–Crippen LogP) is 4.55. The summed E-state index contributed by atoms with van der Waals surface area (Å²) in [5.41, 5.74) is 2.05. The van der Waals surface area contributed by atoms with Crippen molar-refractivity contribution in [2.45, 2.75) is 32.5 Å². The van der Waals surface area contributed by atoms with E-state index in [4.69, 9.17) is 14.2 Å². The fraction of sp³-hybridized carbons (Fsp3) is 0.355. The van der Waals surface area contributed by atoms with Gasteiger partial charge in [-0.05, 0) is 68.1 Å². The number of amides is 3. The Kier molecular flexibility index (Phi) is 8.79. The highest BCUT2D eigenvalue weighted by Crippen LogP contribution is 2.36. The molecule has 0 spiro atoms. The maximum atomic E-state index is 13.7. The van der Waals surface area contributed by atoms with Crippen LogP contribution in [0.5, 0.6) is 17.2 Å². The molecule has 3 atom stereocenters. The van der Waals surface area contributed by atoms with E-state index >= 15 is 0 Å². The minimum atomic E-state index is -0.571. The number of anilines is 2. The van der Waals surface area contributed by atoms with E-state index in [0.717, 1.165) is 11.3 Å². The number of hydrogen-bond acceptors (Lipinski definition) is 7. The molecule has 0 unspecified atom stereocenters. The number of urea groups is 1. The Hall–Kier alpha value is -4.35. The van der Waals surface area contributed by atoms with Crippen LogP contribution >= 0.6 is 0 Å². The normalized spacial score (nSPS) is 18.5. The maximum absolute atomic E-state index is 13.7. The van der Waals surface area contributed by atoms with Gasteiger partial charge in [-0.25, -0.2) is 9.18 Å². The molecule has 42 heavy (non-hydrogen) atoms. The van der Waals surface area contributed by atoms with Crippen LogP contribution in [0.15, 0.2) is 60.7 Å². The van der Waals surface area contributed by atoms with Gasteiger partial charge >= 0.3 is 6.03 Å². The number of fused-ring (bicyclic) bond motifs is 2. The van der Waals surface area contributed by atoms with E-state index in [1.54, 1.807) is 30.0 Å². The number of ether oxygens (including phenoxy) is 3. The molecule has 2 aliphatic heterocycles. The Balaban J connectivity index is 1.40. The van der Waals surface area contributed by atoms with Crippen molar-refractivity contribution in [3.8, 4) is 17.2 Å². The summed E-state index contributed by atoms with van der Waals surface area (Å²) < 4.78 is 30.8. The Labute approximate surface area is 244 Å². The van der Waals surface area contributed by atoms with Gasteiger partial charge in [0.05, 0.1) is 23.9 Å². The molecule has 0 radical (unpaired) electrons. The molecule has 222 valence electrons. The van der Waals surface area contributed by atoms with E-state index in [2.05, 4.69) is 15.5 Å². The molecular weight excluding hydrogens is 543 g/mol. The van der Waals surface area contributed by atoms with Gasteiger partial charge in [-0.1, -0.05) is 19.1 Å². The van der Waals surface area contributed by atoms with Crippen LogP contribution in [0.25, 0.3) is 0 Å². The molecule has 0 saturated heterocycles. The zero-order valence-corrected chi connectivity index (χ0v) is 23.8. The van der Waals surface area contributed by atoms with Gasteiger partial charge in [-0.2, -0.15) is 0 Å². The molecule has 0 bridgehead atoms. The van der Waals surface area contributed by atoms with E-state index in [-0.39, 0.29) is 42.6 Å². The van der Waals surface area contributed by atoms with Crippen LogP contribution in [0.3, 0.4) is 0 Å². The van der Waals surface area contributed by atoms with Gasteiger partial charge in [0.2, 0.25) is 6.79 Å². The SMILES string of the molecule is C[C@@H]1CN([C@H](C)CO)C(=O)c2cccc(NC(=O)Nc3ccc(F)cc3)c2O[C@H]1CN(C)Cc1ccc2c(c1)OCO2. The second-order valence-electron chi connectivity index (χ2n) is 10.8. The average Bonchev–Trinajstić information content (AvgIpc) is 3.44. The van der Waals surface area contributed by atoms with Crippen molar-refractivity contribution in [2.24, 2.45) is 5.92 Å². The molecule has 0 saturated carbocycles. The number of aliphatic hydroxyl groups is 1. The number of nitrogens with zero attached hydrogens (tertiary/aromatic N) is 2. The Morgan fingerprint density at radius 1 is 1.12 bits per heavy atom. The number of carbonyl (C=O) groups excluding carboxylic acids is 2. The van der Waals surface area contributed by atoms with Gasteiger partial charge in [0.25, 0.3) is 5.91 Å². The molecule has 0 aromatic heterocycles. The highest BCUT2D eigenvalue weighted by Gasteiger charge is 2.34. The van der Waals surface area contributed by atoms with Crippen molar-refractivity contribution in [3.63, 3.8) is 0 Å². The number of halogens is 1. The number of likely N-dealkylation sites (N-methyl/N-ethyl adjacent to an activating group) is 1. The first-order chi connectivity index (χ1) is 20.2. The van der Waals surface area contributed by atoms with Gasteiger partial charge in [0.1, 0.15) is 11.9 Å². The lowest BCUT2D eigenvalue weighted by molar-refractivity contribution is 0.0343. The number of aliphatic hydroxyl groups excluding tert-OH is 1. The van der Waals surface area contributed by atoms with E-state index < -0.39 is 17.9 Å². The molecule has 3 aromatic rings. The lowest BCUT2D eigenvalue weighted by Crippen LogP contribution is -2.49. The third-order valence-corrected chi connectivity index (χ3v) is 7.42. The molecule has 2 heterocycles. The summed E-state index contributed by atoms with van der Waals surface area (Å²) in [4.78, 5) is 30.4. The number of hydrogen-bond donors (Lipinski definition) is 3. The molecule has 0 fully saturated rings. The first-order valence-electron chi connectivity index (χ1n) is 13.8. The second-order valence-corrected chi connectivity index (χ2v) is 10.8. The monoisotopic (exact) mass is 578 g/mol. The fourth-order valence-electron chi connectivity index (χ4n) is 5.10. The Morgan fingerprint density at radius 3 is 2.64 bits per heavy atom. The predicted molar refractivity (Wildman–Crippen MR) is 156 cm³/mol. The lowest BCUT2D eigenvalue weighted by atomic mass is 9.99. The summed E-state index contributed by atoms with van der Waals surface area (Å²) >= 11 is 0. The highest BCUT2D eigenvalue weighted by atomic mass is 19.1. The lowest BCUT2D eigenvalue weighted by Gasteiger charge is -2.38. The standard InChI is InChI=1S/C31H35FN4O6/c1-19-14-36(20(2)17-37)30(38)24-5-4-6-25(34-31(39)33-23-10-8-22(32)9-11-23)29(24)42-28(19)16-35(3)15-21-7-12-26-27(13-21)41-18-40-26/h4-13,19-20,28,37H,14-18H2,1-3H3,(H2,33,34,39)/t19-,20-,28+/m1/s1. The molecule has 2 aliphatic rings. The van der Waals surface area contributed by atoms with Crippen LogP contribution in [0.1, 0.15) is 29.8 Å². The quantitative estimate of drug-likeness (QED) is 0.360. The van der Waals surface area contributed by atoms with Crippen LogP contribution in [0, 0.1) is 11.7 Å². The van der Waals surface area contributed by atoms with Crippen LogP contribution in [0.4, 0.5) is 20.6 Å². The number of para-hydroxylation sites is 1. The van der Waals surface area contributed by atoms with Gasteiger partial charge in [-0.3, -0.25) is 9.69 Å². The number of nitrogens with one attached hydrogen (secondary N) is 2. The van der Waals surface area contributed by atoms with E-state index in [1.165, 1.54) is 24.3 Å². The zero-order chi connectivity index (χ0) is 29.8. The van der Waals surface area contributed by atoms with Crippen LogP contribution in [0.2, 0.25) is 0 Å². The van der Waals surface area contributed by atoms with Gasteiger partial charge in [-0.15, -0.1) is 0 Å². The molecule has 10 nitrogen and oxygen atoms in total. The highest BCUT2D eigenvalue weighted by molar-refractivity contribution is 6.04. The third kappa shape index (κ3) is 6.58. The number of benzene rings is 3. The van der Waals surface area contributed by atoms with Crippen LogP contribution in [-0.4, -0.2) is 72.5 Å². The molecule has 3 N–H and O–H groups in total. The minimum absolute atomic E-state index is 0.114. The molecule has 3 amide bonds. The maximum Gasteiger partial charge on any atom is 0.323 e. The summed E-state index contributed by atoms with van der Waals surface area (Å²) in [5.74, 6) is 0.862. The average molecular weight is 579 g/mol. The van der Waals surface area contributed by atoms with Crippen molar-refractivity contribution < 1.29 is 33.3 Å². The summed E-state index contributed by atoms with van der Waals surface area (Å²) in [6, 6.07) is 15.2. The topological polar surface area (TPSA) is 113 Å². The molecular formula is C31H35FN4O6. The Bertz CT molecular complexity index is 1440. The zero-order valence-electron chi connectivity index (χ0n) is 23.8. The van der Waals surface area contributed by atoms with Crippen LogP contribution in [-0.2, 0) is 6.54 Å². The van der Waals surface area contributed by atoms with Crippen molar-refractivity contribution in [3.05, 3.63) is 77.6 Å². The van der Waals surface area contributed by atoms with E-state index in [1.807, 2.05) is 32.2 Å². The van der Waals surface area contributed by atoms with Crippen molar-refractivity contribution in [1.82, 2.24) is 9.80 Å². The van der Waals surface area contributed by atoms with Crippen LogP contribution < -0.4 is 24.8 Å². The van der Waals surface area contributed by atoms with Crippen molar-refractivity contribution >= 4 is 23.3 Å². The third-order valence-electron chi connectivity index (χ3n) is 7.42. The number of rotatable bonds is 8. The summed E-state index contributed by atoms with van der Waals surface area (Å²) in [6.07, 6.45) is -0.368. The minimum Gasteiger partial charge on any atom is -0.486 e. The largest absolute Gasteiger partial charge is 0.486 e. The molecule has 0 aliphatic carbocycles. The van der Waals surface area contributed by atoms with Gasteiger partial charge < -0.3 is 34.9 Å². The second kappa shape index (κ2) is 12.7. The Morgan fingerprint density at radius 2 is 1.88 bits per heavy atom. The smallest absolute Gasteiger partial charge is 0.323 e. The molecule has 5 rings (SSSR count). The fourth-order valence-corrected chi connectivity index (χ4v) is 5.10. The number of carbonyl (C=O) groups is 2. The molecule has 11 heteroatoms. The molecule has 3 aromatic carbocycles. The summed E-state index contributed by atoms with van der Waals surface area (Å²) in [5, 5.41) is 15.4. The van der Waals surface area contributed by atoms with E-state index in [9.17, 15) is 19.1 Å². The summed E-state index contributed by atoms with van der Waals surface area (Å²) in [6.45, 7) is 5.33. The summed E-state index contributed by atoms with van der Waals surface area (Å²) in [7, 11) is 1.99. The van der Waals surface area contributed by atoms with Crippen molar-refractivity contribution in [1.29, 1.82) is 0 Å². The van der Waals surface area contributed by atoms with E-state index in [0.29, 0.717) is 36.8 Å². The van der Waals surface area contributed by atoms with Gasteiger partial charge in [0.15, 0.2) is 17.2 Å². The van der Waals surface area contributed by atoms with Crippen molar-refractivity contribution in [2.75, 3.05) is 44.2 Å². The first kappa shape index (κ1) is 29.2. The first-order valence-corrected chi connectivity index (χ1v) is 13.8.